The number of hydrogen-bond acceptors (Lipinski definition) is 1. The van der Waals surface area contributed by atoms with E-state index in [1.807, 2.05) is 24.3 Å². The van der Waals surface area contributed by atoms with E-state index < -0.39 is 17.2 Å². The van der Waals surface area contributed by atoms with Gasteiger partial charge in [-0.25, -0.2) is 0 Å². The second-order valence-electron chi connectivity index (χ2n) is 6.29. The molecule has 6 heteroatoms. The van der Waals surface area contributed by atoms with Crippen LogP contribution in [0.4, 0.5) is 13.2 Å². The minimum absolute atomic E-state index is 0.0162. The molecule has 0 heterocycles. The Balaban J connectivity index is 1.56. The molecule has 0 aromatic heterocycles. The van der Waals surface area contributed by atoms with Gasteiger partial charge in [-0.05, 0) is 54.7 Å². The molecule has 2 aromatic rings. The second kappa shape index (κ2) is 6.83. The van der Waals surface area contributed by atoms with Crippen LogP contribution < -0.4 is 5.32 Å². The highest BCUT2D eigenvalue weighted by molar-refractivity contribution is 9.10. The van der Waals surface area contributed by atoms with Gasteiger partial charge in [0.1, 0.15) is 0 Å². The van der Waals surface area contributed by atoms with E-state index in [1.54, 1.807) is 0 Å². The van der Waals surface area contributed by atoms with Gasteiger partial charge >= 0.3 is 6.18 Å². The summed E-state index contributed by atoms with van der Waals surface area (Å²) < 4.78 is 38.6. The van der Waals surface area contributed by atoms with Crippen molar-refractivity contribution in [1.82, 2.24) is 5.32 Å². The van der Waals surface area contributed by atoms with E-state index in [9.17, 15) is 18.0 Å². The minimum atomic E-state index is -4.32. The van der Waals surface area contributed by atoms with E-state index in [0.717, 1.165) is 40.6 Å². The molecular formula is C19H17BrF3NO. The number of rotatable bonds is 5. The van der Waals surface area contributed by atoms with E-state index in [0.29, 0.717) is 13.0 Å². The van der Waals surface area contributed by atoms with Gasteiger partial charge in [-0.3, -0.25) is 4.79 Å². The monoisotopic (exact) mass is 411 g/mol. The molecule has 1 fully saturated rings. The van der Waals surface area contributed by atoms with Crippen molar-refractivity contribution in [2.75, 3.05) is 6.54 Å². The van der Waals surface area contributed by atoms with Crippen LogP contribution in [0.25, 0.3) is 0 Å². The lowest BCUT2D eigenvalue weighted by atomic mass is 9.95. The number of alkyl halides is 3. The number of amides is 1. The topological polar surface area (TPSA) is 29.1 Å². The number of nitrogens with one attached hydrogen (secondary N) is 1. The first-order chi connectivity index (χ1) is 11.8. The van der Waals surface area contributed by atoms with Crippen LogP contribution in [0.15, 0.2) is 53.0 Å². The third-order valence-electron chi connectivity index (χ3n) is 4.54. The Morgan fingerprint density at radius 2 is 1.80 bits per heavy atom. The van der Waals surface area contributed by atoms with Gasteiger partial charge in [0.25, 0.3) is 0 Å². The van der Waals surface area contributed by atoms with Crippen LogP contribution in [0.3, 0.4) is 0 Å². The van der Waals surface area contributed by atoms with E-state index >= 15 is 0 Å². The van der Waals surface area contributed by atoms with Crippen LogP contribution >= 0.6 is 15.9 Å². The maximum absolute atomic E-state index is 12.5. The highest BCUT2D eigenvalue weighted by Gasteiger charge is 2.51. The fourth-order valence-corrected chi connectivity index (χ4v) is 3.31. The number of halogens is 4. The molecule has 0 unspecified atom stereocenters. The lowest BCUT2D eigenvalue weighted by Gasteiger charge is -2.16. The first-order valence-electron chi connectivity index (χ1n) is 8.02. The Bertz CT molecular complexity index is 767. The van der Waals surface area contributed by atoms with E-state index in [2.05, 4.69) is 21.2 Å². The zero-order valence-electron chi connectivity index (χ0n) is 13.4. The van der Waals surface area contributed by atoms with Crippen molar-refractivity contribution in [3.05, 3.63) is 69.7 Å². The Labute approximate surface area is 152 Å². The van der Waals surface area contributed by atoms with Crippen LogP contribution in [0, 0.1) is 0 Å². The molecular weight excluding hydrogens is 395 g/mol. The summed E-state index contributed by atoms with van der Waals surface area (Å²) in [5.74, 6) is -0.0162. The van der Waals surface area contributed by atoms with Gasteiger partial charge in [-0.15, -0.1) is 0 Å². The average molecular weight is 412 g/mol. The van der Waals surface area contributed by atoms with Gasteiger partial charge in [0.2, 0.25) is 5.91 Å². The van der Waals surface area contributed by atoms with E-state index in [1.165, 1.54) is 12.1 Å². The van der Waals surface area contributed by atoms with Gasteiger partial charge < -0.3 is 5.32 Å². The molecule has 0 aliphatic heterocycles. The largest absolute Gasteiger partial charge is 0.416 e. The molecule has 2 aromatic carbocycles. The minimum Gasteiger partial charge on any atom is -0.355 e. The average Bonchev–Trinajstić information content (AvgIpc) is 3.36. The molecule has 132 valence electrons. The maximum Gasteiger partial charge on any atom is 0.416 e. The molecule has 3 rings (SSSR count). The molecule has 0 atom stereocenters. The predicted octanol–water partition coefficient (Wildman–Crippen LogP) is 4.86. The molecule has 0 spiro atoms. The second-order valence-corrected chi connectivity index (χ2v) is 7.21. The van der Waals surface area contributed by atoms with Crippen molar-refractivity contribution in [3.8, 4) is 0 Å². The van der Waals surface area contributed by atoms with Gasteiger partial charge in [-0.1, -0.05) is 40.2 Å². The predicted molar refractivity (Wildman–Crippen MR) is 93.2 cm³/mol. The molecule has 2 nitrogen and oxygen atoms in total. The first-order valence-corrected chi connectivity index (χ1v) is 8.81. The number of carbonyl (C=O) groups excluding carboxylic acids is 1. The SMILES string of the molecule is O=C(NCCc1ccc(C(F)(F)F)cc1)C1(c2cccc(Br)c2)CC1. The fourth-order valence-electron chi connectivity index (χ4n) is 2.91. The molecule has 0 radical (unpaired) electrons. The molecule has 0 saturated heterocycles. The van der Waals surface area contributed by atoms with Crippen LogP contribution in [-0.4, -0.2) is 12.5 Å². The summed E-state index contributed by atoms with van der Waals surface area (Å²) >= 11 is 3.42. The van der Waals surface area contributed by atoms with Gasteiger partial charge in [-0.2, -0.15) is 13.2 Å². The maximum atomic E-state index is 12.5. The van der Waals surface area contributed by atoms with E-state index in [-0.39, 0.29) is 5.91 Å². The summed E-state index contributed by atoms with van der Waals surface area (Å²) in [6, 6.07) is 12.8. The smallest absolute Gasteiger partial charge is 0.355 e. The summed E-state index contributed by atoms with van der Waals surface area (Å²) in [6.45, 7) is 0.403. The Morgan fingerprint density at radius 1 is 1.12 bits per heavy atom. The lowest BCUT2D eigenvalue weighted by Crippen LogP contribution is -2.35. The summed E-state index contributed by atoms with van der Waals surface area (Å²) in [6.07, 6.45) is -2.20. The highest BCUT2D eigenvalue weighted by atomic mass is 79.9. The van der Waals surface area contributed by atoms with Crippen molar-refractivity contribution in [1.29, 1.82) is 0 Å². The highest BCUT2D eigenvalue weighted by Crippen LogP contribution is 2.48. The summed E-state index contributed by atoms with van der Waals surface area (Å²) in [5.41, 5.74) is 0.644. The van der Waals surface area contributed by atoms with Crippen molar-refractivity contribution in [3.63, 3.8) is 0 Å². The van der Waals surface area contributed by atoms with Crippen LogP contribution in [0.5, 0.6) is 0 Å². The van der Waals surface area contributed by atoms with Gasteiger partial charge in [0.05, 0.1) is 11.0 Å². The zero-order chi connectivity index (χ0) is 18.1. The first kappa shape index (κ1) is 18.0. The standard InChI is InChI=1S/C19H17BrF3NO/c20-16-3-1-2-15(12-16)18(9-10-18)17(25)24-11-8-13-4-6-14(7-5-13)19(21,22)23/h1-7,12H,8-11H2,(H,24,25). The van der Waals surface area contributed by atoms with Crippen molar-refractivity contribution < 1.29 is 18.0 Å². The molecule has 1 N–H and O–H groups in total. The Morgan fingerprint density at radius 3 is 2.36 bits per heavy atom. The Hall–Kier alpha value is -1.82. The van der Waals surface area contributed by atoms with Crippen LogP contribution in [0.2, 0.25) is 0 Å². The van der Waals surface area contributed by atoms with E-state index in [4.69, 9.17) is 0 Å². The summed E-state index contributed by atoms with van der Waals surface area (Å²) in [5, 5.41) is 2.92. The summed E-state index contributed by atoms with van der Waals surface area (Å²) in [7, 11) is 0. The third kappa shape index (κ3) is 4.06. The van der Waals surface area contributed by atoms with Crippen LogP contribution in [-0.2, 0) is 22.8 Å². The van der Waals surface area contributed by atoms with Crippen LogP contribution in [0.1, 0.15) is 29.5 Å². The van der Waals surface area contributed by atoms with Crippen molar-refractivity contribution >= 4 is 21.8 Å². The van der Waals surface area contributed by atoms with Crippen molar-refractivity contribution in [2.45, 2.75) is 30.9 Å². The Kier molecular flexibility index (Phi) is 4.91. The van der Waals surface area contributed by atoms with Gasteiger partial charge in [0.15, 0.2) is 0 Å². The molecule has 1 aliphatic rings. The molecule has 1 amide bonds. The molecule has 1 aliphatic carbocycles. The summed E-state index contributed by atoms with van der Waals surface area (Å²) in [4.78, 5) is 12.5. The number of carbonyl (C=O) groups is 1. The number of hydrogen-bond donors (Lipinski definition) is 1. The molecule has 1 saturated carbocycles. The molecule has 25 heavy (non-hydrogen) atoms. The molecule has 0 bridgehead atoms. The lowest BCUT2D eigenvalue weighted by molar-refractivity contribution is -0.137. The van der Waals surface area contributed by atoms with Gasteiger partial charge in [0, 0.05) is 11.0 Å². The number of benzene rings is 2. The zero-order valence-corrected chi connectivity index (χ0v) is 15.0. The van der Waals surface area contributed by atoms with Crippen molar-refractivity contribution in [2.24, 2.45) is 0 Å². The fraction of sp³-hybridized carbons (Fsp3) is 0.316. The quantitative estimate of drug-likeness (QED) is 0.747. The third-order valence-corrected chi connectivity index (χ3v) is 5.04. The normalized spacial score (nSPS) is 15.7.